The Balaban J connectivity index is 0.00000364. The fourth-order valence-electron chi connectivity index (χ4n) is 2.33. The molecule has 7 heteroatoms. The molecule has 146 valence electrons. The number of hydrogen-bond donors (Lipinski definition) is 3. The lowest BCUT2D eigenvalue weighted by Crippen LogP contribution is -2.30. The zero-order chi connectivity index (χ0) is 18.8. The van der Waals surface area contributed by atoms with E-state index in [1.807, 2.05) is 37.3 Å². The van der Waals surface area contributed by atoms with Gasteiger partial charge in [0.1, 0.15) is 5.75 Å². The van der Waals surface area contributed by atoms with Crippen molar-refractivity contribution in [3.63, 3.8) is 0 Å². The standard InChI is InChI=1S/C20H25N3O3.ClH/c1-15(11-14-26-16-7-3-2-4-8-16)19(24)23-18-10-6-5-9-17(18)20(25)22-13-12-21;/h2-10,15H,11-14,21H2,1H3,(H,22,25)(H,23,24);1H. The number of carbonyl (C=O) groups is 2. The summed E-state index contributed by atoms with van der Waals surface area (Å²) in [5, 5.41) is 5.54. The highest BCUT2D eigenvalue weighted by atomic mass is 35.5. The fraction of sp³-hybridized carbons (Fsp3) is 0.300. The van der Waals surface area contributed by atoms with Crippen LogP contribution in [-0.2, 0) is 4.79 Å². The van der Waals surface area contributed by atoms with Crippen LogP contribution < -0.4 is 21.1 Å². The molecule has 2 amide bonds. The summed E-state index contributed by atoms with van der Waals surface area (Å²) in [4.78, 5) is 24.6. The molecule has 1 atom stereocenters. The minimum atomic E-state index is -0.258. The maximum Gasteiger partial charge on any atom is 0.253 e. The zero-order valence-corrected chi connectivity index (χ0v) is 16.1. The number of amides is 2. The number of hydrogen-bond acceptors (Lipinski definition) is 4. The molecule has 0 saturated heterocycles. The molecule has 2 aromatic carbocycles. The maximum absolute atomic E-state index is 12.4. The van der Waals surface area contributed by atoms with Crippen molar-refractivity contribution in [1.82, 2.24) is 5.32 Å². The number of halogens is 1. The second-order valence-corrected chi connectivity index (χ2v) is 5.93. The molecule has 0 fully saturated rings. The van der Waals surface area contributed by atoms with Crippen molar-refractivity contribution in [3.05, 3.63) is 60.2 Å². The lowest BCUT2D eigenvalue weighted by atomic mass is 10.1. The van der Waals surface area contributed by atoms with Gasteiger partial charge in [-0.3, -0.25) is 9.59 Å². The van der Waals surface area contributed by atoms with Crippen LogP contribution in [0.5, 0.6) is 5.75 Å². The van der Waals surface area contributed by atoms with Crippen molar-refractivity contribution in [2.24, 2.45) is 11.7 Å². The van der Waals surface area contributed by atoms with Gasteiger partial charge in [0.2, 0.25) is 5.91 Å². The number of benzene rings is 2. The molecular formula is C20H26ClN3O3. The Kier molecular flexibility index (Phi) is 9.93. The van der Waals surface area contributed by atoms with Crippen molar-refractivity contribution in [3.8, 4) is 5.75 Å². The molecule has 6 nitrogen and oxygen atoms in total. The molecule has 27 heavy (non-hydrogen) atoms. The minimum absolute atomic E-state index is 0. The lowest BCUT2D eigenvalue weighted by Gasteiger charge is -2.15. The van der Waals surface area contributed by atoms with Crippen molar-refractivity contribution in [1.29, 1.82) is 0 Å². The second-order valence-electron chi connectivity index (χ2n) is 5.93. The van der Waals surface area contributed by atoms with Crippen LogP contribution in [0.1, 0.15) is 23.7 Å². The van der Waals surface area contributed by atoms with Gasteiger partial charge in [0.15, 0.2) is 0 Å². The summed E-state index contributed by atoms with van der Waals surface area (Å²) in [5.41, 5.74) is 6.31. The number of rotatable bonds is 9. The monoisotopic (exact) mass is 391 g/mol. The number of carbonyl (C=O) groups excluding carboxylic acids is 2. The molecule has 2 aromatic rings. The van der Waals surface area contributed by atoms with Crippen LogP contribution in [0.4, 0.5) is 5.69 Å². The molecular weight excluding hydrogens is 366 g/mol. The third kappa shape index (κ3) is 7.29. The smallest absolute Gasteiger partial charge is 0.253 e. The highest BCUT2D eigenvalue weighted by Gasteiger charge is 2.17. The van der Waals surface area contributed by atoms with Gasteiger partial charge in [-0.05, 0) is 30.7 Å². The quantitative estimate of drug-likeness (QED) is 0.612. The molecule has 0 heterocycles. The van der Waals surface area contributed by atoms with E-state index in [-0.39, 0.29) is 30.1 Å². The van der Waals surface area contributed by atoms with Gasteiger partial charge in [-0.2, -0.15) is 0 Å². The molecule has 0 aliphatic rings. The largest absolute Gasteiger partial charge is 0.494 e. The third-order valence-electron chi connectivity index (χ3n) is 3.87. The summed E-state index contributed by atoms with van der Waals surface area (Å²) in [7, 11) is 0. The predicted octanol–water partition coefficient (Wildman–Crippen LogP) is 2.84. The predicted molar refractivity (Wildman–Crippen MR) is 109 cm³/mol. The van der Waals surface area contributed by atoms with Crippen LogP contribution in [0.3, 0.4) is 0 Å². The normalized spacial score (nSPS) is 11.0. The lowest BCUT2D eigenvalue weighted by molar-refractivity contribution is -0.119. The van der Waals surface area contributed by atoms with E-state index in [4.69, 9.17) is 10.5 Å². The molecule has 1 unspecified atom stereocenters. The first-order valence-corrected chi connectivity index (χ1v) is 8.68. The first-order valence-electron chi connectivity index (χ1n) is 8.68. The van der Waals surface area contributed by atoms with E-state index in [2.05, 4.69) is 10.6 Å². The molecule has 0 aliphatic heterocycles. The van der Waals surface area contributed by atoms with Gasteiger partial charge >= 0.3 is 0 Å². The molecule has 0 radical (unpaired) electrons. The van der Waals surface area contributed by atoms with Gasteiger partial charge in [0.05, 0.1) is 17.9 Å². The fourth-order valence-corrected chi connectivity index (χ4v) is 2.33. The molecule has 0 spiro atoms. The summed E-state index contributed by atoms with van der Waals surface area (Å²) in [6, 6.07) is 16.4. The van der Waals surface area contributed by atoms with Crippen LogP contribution >= 0.6 is 12.4 Å². The maximum atomic E-state index is 12.4. The topological polar surface area (TPSA) is 93.4 Å². The summed E-state index contributed by atoms with van der Waals surface area (Å²) >= 11 is 0. The van der Waals surface area contributed by atoms with Crippen molar-refractivity contribution in [2.75, 3.05) is 25.0 Å². The van der Waals surface area contributed by atoms with Crippen LogP contribution in [0.15, 0.2) is 54.6 Å². The Bertz CT molecular complexity index is 725. The number of para-hydroxylation sites is 2. The highest BCUT2D eigenvalue weighted by Crippen LogP contribution is 2.17. The highest BCUT2D eigenvalue weighted by molar-refractivity contribution is 6.04. The average Bonchev–Trinajstić information content (AvgIpc) is 2.67. The number of ether oxygens (including phenoxy) is 1. The molecule has 2 rings (SSSR count). The summed E-state index contributed by atoms with van der Waals surface area (Å²) in [6.07, 6.45) is 0.572. The Morgan fingerprint density at radius 1 is 1.07 bits per heavy atom. The van der Waals surface area contributed by atoms with Gasteiger partial charge in [0.25, 0.3) is 5.91 Å². The Morgan fingerprint density at radius 2 is 1.74 bits per heavy atom. The van der Waals surface area contributed by atoms with Gasteiger partial charge in [-0.15, -0.1) is 12.4 Å². The first kappa shape index (κ1) is 22.5. The van der Waals surface area contributed by atoms with Crippen LogP contribution in [-0.4, -0.2) is 31.5 Å². The Labute approximate surface area is 165 Å². The van der Waals surface area contributed by atoms with Crippen molar-refractivity contribution < 1.29 is 14.3 Å². The van der Waals surface area contributed by atoms with E-state index < -0.39 is 0 Å². The van der Waals surface area contributed by atoms with Crippen molar-refractivity contribution >= 4 is 29.9 Å². The van der Waals surface area contributed by atoms with E-state index in [9.17, 15) is 9.59 Å². The van der Waals surface area contributed by atoms with Gasteiger partial charge in [-0.1, -0.05) is 37.3 Å². The number of anilines is 1. The van der Waals surface area contributed by atoms with E-state index in [0.717, 1.165) is 5.75 Å². The molecule has 0 saturated carbocycles. The number of nitrogens with two attached hydrogens (primary N) is 1. The molecule has 0 bridgehead atoms. The van der Waals surface area contributed by atoms with Crippen LogP contribution in [0, 0.1) is 5.92 Å². The molecule has 0 aromatic heterocycles. The number of nitrogens with one attached hydrogen (secondary N) is 2. The second kappa shape index (κ2) is 11.9. The van der Waals surface area contributed by atoms with E-state index in [0.29, 0.717) is 37.4 Å². The van der Waals surface area contributed by atoms with Gasteiger partial charge in [-0.25, -0.2) is 0 Å². The summed E-state index contributed by atoms with van der Waals surface area (Å²) < 4.78 is 5.63. The van der Waals surface area contributed by atoms with Crippen molar-refractivity contribution in [2.45, 2.75) is 13.3 Å². The third-order valence-corrected chi connectivity index (χ3v) is 3.87. The molecule has 4 N–H and O–H groups in total. The summed E-state index contributed by atoms with van der Waals surface area (Å²) in [5.74, 6) is 0.119. The van der Waals surface area contributed by atoms with Gasteiger partial charge in [0, 0.05) is 19.0 Å². The SMILES string of the molecule is CC(CCOc1ccccc1)C(=O)Nc1ccccc1C(=O)NCCN.Cl. The Morgan fingerprint density at radius 3 is 2.44 bits per heavy atom. The van der Waals surface area contributed by atoms with Gasteiger partial charge < -0.3 is 21.1 Å². The van der Waals surface area contributed by atoms with E-state index >= 15 is 0 Å². The minimum Gasteiger partial charge on any atom is -0.494 e. The van der Waals surface area contributed by atoms with E-state index in [1.165, 1.54) is 0 Å². The summed E-state index contributed by atoms with van der Waals surface area (Å²) in [6.45, 7) is 3.02. The molecule has 0 aliphatic carbocycles. The average molecular weight is 392 g/mol. The van der Waals surface area contributed by atoms with Crippen LogP contribution in [0.2, 0.25) is 0 Å². The van der Waals surface area contributed by atoms with E-state index in [1.54, 1.807) is 24.3 Å². The van der Waals surface area contributed by atoms with Crippen LogP contribution in [0.25, 0.3) is 0 Å². The first-order chi connectivity index (χ1) is 12.6. The zero-order valence-electron chi connectivity index (χ0n) is 15.3. The Hall–Kier alpha value is -2.57.